The van der Waals surface area contributed by atoms with Gasteiger partial charge in [-0.1, -0.05) is 6.08 Å². The predicted octanol–water partition coefficient (Wildman–Crippen LogP) is 4.23. The minimum atomic E-state index is -4.52. The zero-order valence-electron chi connectivity index (χ0n) is 12.3. The van der Waals surface area contributed by atoms with Gasteiger partial charge in [-0.2, -0.15) is 13.2 Å². The molecule has 0 unspecified atom stereocenters. The van der Waals surface area contributed by atoms with Gasteiger partial charge >= 0.3 is 6.18 Å². The van der Waals surface area contributed by atoms with Crippen molar-refractivity contribution in [2.75, 3.05) is 10.8 Å². The van der Waals surface area contributed by atoms with E-state index >= 15 is 0 Å². The summed E-state index contributed by atoms with van der Waals surface area (Å²) in [5.41, 5.74) is -0.837. The van der Waals surface area contributed by atoms with E-state index in [4.69, 9.17) is 0 Å². The Kier molecular flexibility index (Phi) is 4.98. The third-order valence-electron chi connectivity index (χ3n) is 3.18. The number of benzene rings is 2. The largest absolute Gasteiger partial charge is 0.416 e. The van der Waals surface area contributed by atoms with Crippen molar-refractivity contribution in [1.29, 1.82) is 0 Å². The van der Waals surface area contributed by atoms with Crippen LogP contribution >= 0.6 is 0 Å². The quantitative estimate of drug-likeness (QED) is 0.592. The van der Waals surface area contributed by atoms with E-state index in [-0.39, 0.29) is 17.1 Å². The molecular formula is C16H13F4NO2S. The Bertz CT molecular complexity index is 813. The van der Waals surface area contributed by atoms with Gasteiger partial charge in [-0.25, -0.2) is 12.8 Å². The number of alkyl halides is 3. The fraction of sp³-hybridized carbons (Fsp3) is 0.125. The van der Waals surface area contributed by atoms with Crippen molar-refractivity contribution in [1.82, 2.24) is 0 Å². The molecule has 0 aromatic heterocycles. The van der Waals surface area contributed by atoms with E-state index in [1.54, 1.807) is 0 Å². The van der Waals surface area contributed by atoms with Crippen LogP contribution in [0.1, 0.15) is 5.56 Å². The fourth-order valence-electron chi connectivity index (χ4n) is 2.01. The maximum atomic E-state index is 13.0. The molecule has 0 fully saturated rings. The molecule has 2 aromatic carbocycles. The second-order valence-corrected chi connectivity index (χ2v) is 6.69. The highest BCUT2D eigenvalue weighted by Crippen LogP contribution is 2.31. The van der Waals surface area contributed by atoms with Crippen molar-refractivity contribution in [3.8, 4) is 0 Å². The van der Waals surface area contributed by atoms with Crippen LogP contribution in [0, 0.1) is 5.82 Å². The topological polar surface area (TPSA) is 37.4 Å². The van der Waals surface area contributed by atoms with Gasteiger partial charge in [-0.05, 0) is 48.5 Å². The molecule has 24 heavy (non-hydrogen) atoms. The highest BCUT2D eigenvalue weighted by Gasteiger charge is 2.31. The first-order valence-electron chi connectivity index (χ1n) is 6.73. The predicted molar refractivity (Wildman–Crippen MR) is 82.6 cm³/mol. The van der Waals surface area contributed by atoms with Gasteiger partial charge in [0.25, 0.3) is 10.0 Å². The Labute approximate surface area is 136 Å². The molecule has 0 aliphatic rings. The Morgan fingerprint density at radius 1 is 1.00 bits per heavy atom. The molecule has 0 radical (unpaired) electrons. The molecule has 0 amide bonds. The van der Waals surface area contributed by atoms with Crippen LogP contribution in [0.5, 0.6) is 0 Å². The molecule has 8 heteroatoms. The summed E-state index contributed by atoms with van der Waals surface area (Å²) in [7, 11) is -4.07. The molecule has 2 rings (SSSR count). The molecule has 3 nitrogen and oxygen atoms in total. The number of anilines is 1. The summed E-state index contributed by atoms with van der Waals surface area (Å²) in [6.45, 7) is 3.31. The molecule has 0 N–H and O–H groups in total. The maximum absolute atomic E-state index is 13.0. The van der Waals surface area contributed by atoms with Crippen molar-refractivity contribution < 1.29 is 26.0 Å². The van der Waals surface area contributed by atoms with Crippen molar-refractivity contribution in [2.45, 2.75) is 11.1 Å². The Morgan fingerprint density at radius 2 is 1.54 bits per heavy atom. The highest BCUT2D eigenvalue weighted by atomic mass is 32.2. The second-order valence-electron chi connectivity index (χ2n) is 4.82. The van der Waals surface area contributed by atoms with Gasteiger partial charge in [0.15, 0.2) is 0 Å². The van der Waals surface area contributed by atoms with Gasteiger partial charge < -0.3 is 0 Å². The molecule has 0 saturated heterocycles. The van der Waals surface area contributed by atoms with Crippen LogP contribution < -0.4 is 4.31 Å². The average molecular weight is 359 g/mol. The van der Waals surface area contributed by atoms with Crippen LogP contribution in [0.15, 0.2) is 66.1 Å². The molecule has 0 heterocycles. The molecule has 0 aliphatic carbocycles. The van der Waals surface area contributed by atoms with Gasteiger partial charge in [0.05, 0.1) is 22.7 Å². The van der Waals surface area contributed by atoms with Crippen molar-refractivity contribution in [2.24, 2.45) is 0 Å². The number of hydrogen-bond acceptors (Lipinski definition) is 2. The molecule has 0 aliphatic heterocycles. The lowest BCUT2D eigenvalue weighted by Crippen LogP contribution is -2.31. The summed E-state index contributed by atoms with van der Waals surface area (Å²) in [5, 5.41) is 0. The molecule has 0 saturated carbocycles. The van der Waals surface area contributed by atoms with Gasteiger partial charge in [-0.15, -0.1) is 6.58 Å². The van der Waals surface area contributed by atoms with E-state index in [0.29, 0.717) is 0 Å². The molecule has 0 bridgehead atoms. The van der Waals surface area contributed by atoms with Crippen LogP contribution in [0.25, 0.3) is 0 Å². The second kappa shape index (κ2) is 6.64. The van der Waals surface area contributed by atoms with Crippen molar-refractivity contribution in [3.05, 3.63) is 72.6 Å². The summed E-state index contributed by atoms with van der Waals surface area (Å²) in [6, 6.07) is 7.88. The lowest BCUT2D eigenvalue weighted by atomic mass is 10.2. The van der Waals surface area contributed by atoms with Crippen LogP contribution in [-0.4, -0.2) is 15.0 Å². The molecular weight excluding hydrogens is 346 g/mol. The summed E-state index contributed by atoms with van der Waals surface area (Å²) in [6.07, 6.45) is -3.21. The first-order chi connectivity index (χ1) is 11.2. The summed E-state index contributed by atoms with van der Waals surface area (Å²) in [4.78, 5) is -0.175. The monoisotopic (exact) mass is 359 g/mol. The SMILES string of the molecule is C=CCN(c1ccc(C(F)(F)F)cc1)S(=O)(=O)c1ccc(F)cc1. The van der Waals surface area contributed by atoms with Crippen molar-refractivity contribution >= 4 is 15.7 Å². The Balaban J connectivity index is 2.45. The molecule has 128 valence electrons. The van der Waals surface area contributed by atoms with E-state index in [1.807, 2.05) is 0 Å². The fourth-order valence-corrected chi connectivity index (χ4v) is 3.45. The third-order valence-corrected chi connectivity index (χ3v) is 4.99. The molecule has 0 spiro atoms. The van der Waals surface area contributed by atoms with E-state index in [2.05, 4.69) is 6.58 Å². The number of hydrogen-bond donors (Lipinski definition) is 0. The van der Waals surface area contributed by atoms with Crippen LogP contribution in [-0.2, 0) is 16.2 Å². The van der Waals surface area contributed by atoms with Gasteiger partial charge in [0, 0.05) is 0 Å². The zero-order chi connectivity index (χ0) is 18.0. The lowest BCUT2D eigenvalue weighted by Gasteiger charge is -2.23. The third kappa shape index (κ3) is 3.76. The lowest BCUT2D eigenvalue weighted by molar-refractivity contribution is -0.137. The molecule has 2 aromatic rings. The maximum Gasteiger partial charge on any atom is 0.416 e. The molecule has 0 atom stereocenters. The van der Waals surface area contributed by atoms with E-state index in [0.717, 1.165) is 52.8 Å². The first-order valence-corrected chi connectivity index (χ1v) is 8.17. The van der Waals surface area contributed by atoms with Gasteiger partial charge in [0.1, 0.15) is 5.82 Å². The minimum Gasteiger partial charge on any atom is -0.263 e. The van der Waals surface area contributed by atoms with Crippen LogP contribution in [0.2, 0.25) is 0 Å². The van der Waals surface area contributed by atoms with Gasteiger partial charge in [0.2, 0.25) is 0 Å². The van der Waals surface area contributed by atoms with E-state index in [9.17, 15) is 26.0 Å². The van der Waals surface area contributed by atoms with Crippen molar-refractivity contribution in [3.63, 3.8) is 0 Å². The number of halogens is 4. The Hall–Kier alpha value is -2.35. The smallest absolute Gasteiger partial charge is 0.263 e. The van der Waals surface area contributed by atoms with Crippen LogP contribution in [0.3, 0.4) is 0 Å². The first kappa shape index (κ1) is 18.0. The Morgan fingerprint density at radius 3 is 2.00 bits per heavy atom. The summed E-state index contributed by atoms with van der Waals surface area (Å²) in [5.74, 6) is -0.598. The standard InChI is InChI=1S/C16H13F4NO2S/c1-2-11-21(14-7-3-12(4-8-14)16(18,19)20)24(22,23)15-9-5-13(17)6-10-15/h2-10H,1,11H2. The van der Waals surface area contributed by atoms with E-state index < -0.39 is 27.6 Å². The average Bonchev–Trinajstić information content (AvgIpc) is 2.52. The summed E-state index contributed by atoms with van der Waals surface area (Å²) >= 11 is 0. The highest BCUT2D eigenvalue weighted by molar-refractivity contribution is 7.92. The number of rotatable bonds is 5. The number of nitrogens with zero attached hydrogens (tertiary/aromatic N) is 1. The van der Waals surface area contributed by atoms with Gasteiger partial charge in [-0.3, -0.25) is 4.31 Å². The number of sulfonamides is 1. The minimum absolute atomic E-state index is 0.0484. The van der Waals surface area contributed by atoms with Crippen LogP contribution in [0.4, 0.5) is 23.2 Å². The zero-order valence-corrected chi connectivity index (χ0v) is 13.1. The van der Waals surface area contributed by atoms with E-state index in [1.165, 1.54) is 6.08 Å². The normalized spacial score (nSPS) is 12.0. The summed E-state index contributed by atoms with van der Waals surface area (Å²) < 4.78 is 77.0.